The van der Waals surface area contributed by atoms with Crippen molar-refractivity contribution in [2.24, 2.45) is 0 Å². The third-order valence-electron chi connectivity index (χ3n) is 2.27. The Morgan fingerprint density at radius 1 is 1.22 bits per heavy atom. The fraction of sp³-hybridized carbons (Fsp3) is 0.154. The zero-order valence-electron chi connectivity index (χ0n) is 9.78. The molecule has 1 N–H and O–H groups in total. The monoisotopic (exact) mass is 250 g/mol. The fourth-order valence-corrected chi connectivity index (χ4v) is 1.52. The predicted molar refractivity (Wildman–Crippen MR) is 63.4 cm³/mol. The van der Waals surface area contributed by atoms with E-state index in [9.17, 15) is 8.78 Å². The number of nitrogens with one attached hydrogen (secondary N) is 1. The Bertz CT molecular complexity index is 546. The van der Waals surface area contributed by atoms with Crippen molar-refractivity contribution in [3.05, 3.63) is 53.7 Å². The van der Waals surface area contributed by atoms with E-state index in [0.717, 1.165) is 6.20 Å². The zero-order valence-corrected chi connectivity index (χ0v) is 9.78. The minimum absolute atomic E-state index is 0.261. The summed E-state index contributed by atoms with van der Waals surface area (Å²) < 4.78 is 31.5. The van der Waals surface area contributed by atoms with Crippen LogP contribution in [-0.2, 0) is 6.54 Å². The lowest BCUT2D eigenvalue weighted by atomic mass is 10.2. The molecule has 0 atom stereocenters. The molecule has 2 rings (SSSR count). The lowest BCUT2D eigenvalue weighted by Crippen LogP contribution is -2.07. The van der Waals surface area contributed by atoms with Gasteiger partial charge in [0.05, 0.1) is 6.20 Å². The Labute approximate surface area is 103 Å². The summed E-state index contributed by atoms with van der Waals surface area (Å²) in [6.45, 7) is 0.412. The second-order valence-electron chi connectivity index (χ2n) is 3.71. The first-order valence-corrected chi connectivity index (χ1v) is 5.41. The summed E-state index contributed by atoms with van der Waals surface area (Å²) in [5.74, 6) is -0.251. The zero-order chi connectivity index (χ0) is 13.0. The van der Waals surface area contributed by atoms with Gasteiger partial charge in [0, 0.05) is 18.2 Å². The average Bonchev–Trinajstić information content (AvgIpc) is 2.33. The van der Waals surface area contributed by atoms with E-state index in [1.165, 1.54) is 24.3 Å². The van der Waals surface area contributed by atoms with Crippen LogP contribution in [0.2, 0.25) is 0 Å². The highest BCUT2D eigenvalue weighted by atomic mass is 19.1. The van der Waals surface area contributed by atoms with Crippen LogP contribution in [0.15, 0.2) is 36.5 Å². The molecule has 0 bridgehead atoms. The standard InChI is InChI=1S/C13H12F2N2O/c1-16-7-9-5-11(15)8-17-13(9)18-12-4-2-3-10(14)6-12/h2-6,8,16H,7H2,1H3. The molecule has 18 heavy (non-hydrogen) atoms. The third kappa shape index (κ3) is 3.01. The minimum Gasteiger partial charge on any atom is -0.439 e. The summed E-state index contributed by atoms with van der Waals surface area (Å²) in [6, 6.07) is 7.04. The average molecular weight is 250 g/mol. The molecule has 0 spiro atoms. The first-order chi connectivity index (χ1) is 8.69. The summed E-state index contributed by atoms with van der Waals surface area (Å²) in [6.07, 6.45) is 1.06. The number of rotatable bonds is 4. The van der Waals surface area contributed by atoms with Crippen LogP contribution >= 0.6 is 0 Å². The first-order valence-electron chi connectivity index (χ1n) is 5.41. The lowest BCUT2D eigenvalue weighted by molar-refractivity contribution is 0.446. The number of nitrogens with zero attached hydrogens (tertiary/aromatic N) is 1. The normalized spacial score (nSPS) is 10.4. The van der Waals surface area contributed by atoms with Crippen molar-refractivity contribution in [2.45, 2.75) is 6.54 Å². The van der Waals surface area contributed by atoms with E-state index in [0.29, 0.717) is 17.9 Å². The van der Waals surface area contributed by atoms with Gasteiger partial charge in [-0.1, -0.05) is 6.07 Å². The smallest absolute Gasteiger partial charge is 0.223 e. The van der Waals surface area contributed by atoms with Crippen LogP contribution in [0.4, 0.5) is 8.78 Å². The van der Waals surface area contributed by atoms with Crippen LogP contribution in [0.25, 0.3) is 0 Å². The maximum absolute atomic E-state index is 13.1. The molecule has 2 aromatic rings. The van der Waals surface area contributed by atoms with Crippen molar-refractivity contribution in [3.63, 3.8) is 0 Å². The molecule has 0 fully saturated rings. The van der Waals surface area contributed by atoms with Crippen LogP contribution in [0.1, 0.15) is 5.56 Å². The Kier molecular flexibility index (Phi) is 3.84. The number of aromatic nitrogens is 1. The molecular formula is C13H12F2N2O. The van der Waals surface area contributed by atoms with Gasteiger partial charge in [-0.2, -0.15) is 0 Å². The molecule has 0 unspecified atom stereocenters. The van der Waals surface area contributed by atoms with Crippen molar-refractivity contribution in [3.8, 4) is 11.6 Å². The summed E-state index contributed by atoms with van der Waals surface area (Å²) in [7, 11) is 1.73. The van der Waals surface area contributed by atoms with Crippen molar-refractivity contribution in [2.75, 3.05) is 7.05 Å². The van der Waals surface area contributed by atoms with Crippen LogP contribution in [-0.4, -0.2) is 12.0 Å². The minimum atomic E-state index is -0.438. The predicted octanol–water partition coefficient (Wildman–Crippen LogP) is 2.87. The molecule has 0 radical (unpaired) electrons. The van der Waals surface area contributed by atoms with Gasteiger partial charge in [-0.15, -0.1) is 0 Å². The third-order valence-corrected chi connectivity index (χ3v) is 2.27. The van der Waals surface area contributed by atoms with E-state index in [2.05, 4.69) is 10.3 Å². The number of ether oxygens (including phenoxy) is 1. The van der Waals surface area contributed by atoms with Gasteiger partial charge in [0.1, 0.15) is 17.4 Å². The number of hydrogen-bond donors (Lipinski definition) is 1. The van der Waals surface area contributed by atoms with Crippen molar-refractivity contribution in [1.29, 1.82) is 0 Å². The number of halogens is 2. The molecular weight excluding hydrogens is 238 g/mol. The van der Waals surface area contributed by atoms with Gasteiger partial charge in [-0.25, -0.2) is 13.8 Å². The van der Waals surface area contributed by atoms with Crippen LogP contribution in [0.5, 0.6) is 11.6 Å². The molecule has 1 aromatic carbocycles. The van der Waals surface area contributed by atoms with Crippen LogP contribution in [0, 0.1) is 11.6 Å². The highest BCUT2D eigenvalue weighted by Crippen LogP contribution is 2.24. The van der Waals surface area contributed by atoms with Gasteiger partial charge in [-0.05, 0) is 25.2 Å². The molecule has 94 valence electrons. The summed E-state index contributed by atoms with van der Waals surface area (Å²) in [5.41, 5.74) is 0.571. The highest BCUT2D eigenvalue weighted by molar-refractivity contribution is 5.32. The Hall–Kier alpha value is -2.01. The quantitative estimate of drug-likeness (QED) is 0.906. The highest BCUT2D eigenvalue weighted by Gasteiger charge is 2.08. The first kappa shape index (κ1) is 12.4. The Morgan fingerprint density at radius 3 is 2.78 bits per heavy atom. The summed E-state index contributed by atoms with van der Waals surface area (Å²) >= 11 is 0. The summed E-state index contributed by atoms with van der Waals surface area (Å²) in [4.78, 5) is 3.86. The molecule has 0 saturated heterocycles. The topological polar surface area (TPSA) is 34.2 Å². The van der Waals surface area contributed by atoms with Crippen molar-refractivity contribution >= 4 is 0 Å². The lowest BCUT2D eigenvalue weighted by Gasteiger charge is -2.09. The van der Waals surface area contributed by atoms with Gasteiger partial charge in [-0.3, -0.25) is 0 Å². The van der Waals surface area contributed by atoms with Crippen LogP contribution in [0.3, 0.4) is 0 Å². The molecule has 3 nitrogen and oxygen atoms in total. The summed E-state index contributed by atoms with van der Waals surface area (Å²) in [5, 5.41) is 2.89. The molecule has 0 amide bonds. The van der Waals surface area contributed by atoms with E-state index in [1.54, 1.807) is 13.1 Å². The Balaban J connectivity index is 2.28. The van der Waals surface area contributed by atoms with Gasteiger partial charge in [0.25, 0.3) is 0 Å². The second kappa shape index (κ2) is 5.55. The van der Waals surface area contributed by atoms with Gasteiger partial charge in [0.2, 0.25) is 5.88 Å². The van der Waals surface area contributed by atoms with Crippen molar-refractivity contribution < 1.29 is 13.5 Å². The largest absolute Gasteiger partial charge is 0.439 e. The van der Waals surface area contributed by atoms with E-state index in [-0.39, 0.29) is 5.88 Å². The molecule has 0 saturated carbocycles. The van der Waals surface area contributed by atoms with E-state index < -0.39 is 11.6 Å². The number of hydrogen-bond acceptors (Lipinski definition) is 3. The molecule has 1 heterocycles. The van der Waals surface area contributed by atoms with E-state index in [4.69, 9.17) is 4.74 Å². The molecule has 0 aliphatic heterocycles. The van der Waals surface area contributed by atoms with Gasteiger partial charge < -0.3 is 10.1 Å². The maximum atomic E-state index is 13.1. The van der Waals surface area contributed by atoms with Gasteiger partial charge in [0.15, 0.2) is 0 Å². The molecule has 1 aromatic heterocycles. The van der Waals surface area contributed by atoms with Crippen LogP contribution < -0.4 is 10.1 Å². The van der Waals surface area contributed by atoms with E-state index >= 15 is 0 Å². The van der Waals surface area contributed by atoms with Gasteiger partial charge >= 0.3 is 0 Å². The van der Waals surface area contributed by atoms with Crippen molar-refractivity contribution in [1.82, 2.24) is 10.3 Å². The number of benzene rings is 1. The fourth-order valence-electron chi connectivity index (χ4n) is 1.52. The molecule has 0 aliphatic rings. The SMILES string of the molecule is CNCc1cc(F)cnc1Oc1cccc(F)c1. The maximum Gasteiger partial charge on any atom is 0.223 e. The second-order valence-corrected chi connectivity index (χ2v) is 3.71. The van der Waals surface area contributed by atoms with E-state index in [1.807, 2.05) is 0 Å². The molecule has 5 heteroatoms. The Morgan fingerprint density at radius 2 is 2.06 bits per heavy atom. The number of pyridine rings is 1. The molecule has 0 aliphatic carbocycles.